The Morgan fingerprint density at radius 1 is 1.37 bits per heavy atom. The van der Waals surface area contributed by atoms with Crippen LogP contribution in [0.3, 0.4) is 0 Å². The van der Waals surface area contributed by atoms with E-state index in [0.29, 0.717) is 19.0 Å². The predicted octanol–water partition coefficient (Wildman–Crippen LogP) is 2.99. The van der Waals surface area contributed by atoms with Gasteiger partial charge in [-0.1, -0.05) is 0 Å². The van der Waals surface area contributed by atoms with Crippen molar-refractivity contribution >= 4 is 41.3 Å². The molecule has 0 spiro atoms. The third kappa shape index (κ3) is 6.07. The van der Waals surface area contributed by atoms with E-state index in [2.05, 4.69) is 20.6 Å². The molecule has 0 radical (unpaired) electrons. The summed E-state index contributed by atoms with van der Waals surface area (Å²) in [6.45, 7) is 2.72. The minimum atomic E-state index is -4.85. The first-order valence-corrected chi connectivity index (χ1v) is 9.02. The van der Waals surface area contributed by atoms with Gasteiger partial charge in [-0.25, -0.2) is 9.98 Å². The Morgan fingerprint density at radius 2 is 2.11 bits per heavy atom. The summed E-state index contributed by atoms with van der Waals surface area (Å²) < 4.78 is 41.6. The van der Waals surface area contributed by atoms with Gasteiger partial charge < -0.3 is 20.3 Å². The highest BCUT2D eigenvalue weighted by Crippen LogP contribution is 2.40. The van der Waals surface area contributed by atoms with E-state index in [0.717, 1.165) is 5.56 Å². The number of nitrogens with zero attached hydrogens (tertiary/aromatic N) is 3. The summed E-state index contributed by atoms with van der Waals surface area (Å²) in [6, 6.07) is 1.93. The van der Waals surface area contributed by atoms with Crippen molar-refractivity contribution in [1.82, 2.24) is 20.2 Å². The molecule has 2 aromatic rings. The fourth-order valence-electron chi connectivity index (χ4n) is 2.40. The molecule has 0 aliphatic heterocycles. The lowest BCUT2D eigenvalue weighted by atomic mass is 9.97. The van der Waals surface area contributed by atoms with Gasteiger partial charge >= 0.3 is 6.18 Å². The number of aryl methyl sites for hydroxylation is 1. The lowest BCUT2D eigenvalue weighted by Crippen LogP contribution is -2.47. The molecule has 3 N–H and O–H groups in total. The van der Waals surface area contributed by atoms with Crippen LogP contribution in [0.15, 0.2) is 34.2 Å². The number of hydrogen-bond donors (Lipinski definition) is 3. The maximum atomic E-state index is 13.5. The zero-order valence-corrected chi connectivity index (χ0v) is 18.1. The summed E-state index contributed by atoms with van der Waals surface area (Å²) >= 11 is 1.55. The second-order valence-corrected chi connectivity index (χ2v) is 6.50. The highest BCUT2D eigenvalue weighted by molar-refractivity contribution is 14.0. The van der Waals surface area contributed by atoms with E-state index in [9.17, 15) is 18.3 Å². The lowest BCUT2D eigenvalue weighted by Gasteiger charge is -2.30. The maximum Gasteiger partial charge on any atom is 0.424 e. The number of aliphatic imine (C=N–C) groups is 1. The van der Waals surface area contributed by atoms with Crippen LogP contribution < -0.4 is 10.6 Å². The number of nitrogens with one attached hydrogen (secondary N) is 2. The predicted molar refractivity (Wildman–Crippen MR) is 110 cm³/mol. The molecular weight excluding hydrogens is 494 g/mol. The molecule has 0 bridgehead atoms. The number of aliphatic hydroxyl groups is 1. The van der Waals surface area contributed by atoms with Gasteiger partial charge in [0.1, 0.15) is 5.82 Å². The third-order valence-electron chi connectivity index (χ3n) is 3.78. The van der Waals surface area contributed by atoms with E-state index in [1.807, 2.05) is 23.8 Å². The third-order valence-corrected chi connectivity index (χ3v) is 4.52. The zero-order chi connectivity index (χ0) is 19.2. The van der Waals surface area contributed by atoms with Gasteiger partial charge in [-0.05, 0) is 29.3 Å². The zero-order valence-electron chi connectivity index (χ0n) is 15.0. The van der Waals surface area contributed by atoms with Crippen molar-refractivity contribution in [3.8, 4) is 0 Å². The molecule has 2 rings (SSSR count). The molecule has 0 aliphatic rings. The first-order chi connectivity index (χ1) is 12.3. The number of imidazole rings is 1. The highest BCUT2D eigenvalue weighted by atomic mass is 127. The number of aromatic nitrogens is 2. The van der Waals surface area contributed by atoms with Crippen LogP contribution in [0.4, 0.5) is 13.2 Å². The van der Waals surface area contributed by atoms with Crippen molar-refractivity contribution in [2.45, 2.75) is 31.7 Å². The average Bonchev–Trinajstić information content (AvgIpc) is 3.22. The molecule has 0 saturated heterocycles. The van der Waals surface area contributed by atoms with Crippen LogP contribution in [-0.4, -0.2) is 39.9 Å². The summed E-state index contributed by atoms with van der Waals surface area (Å²) in [5.74, 6) is -0.0462. The molecule has 0 aromatic carbocycles. The summed E-state index contributed by atoms with van der Waals surface area (Å²) in [5.41, 5.74) is -2.02. The molecule has 0 amide bonds. The van der Waals surface area contributed by atoms with E-state index in [-0.39, 0.29) is 30.5 Å². The topological polar surface area (TPSA) is 74.5 Å². The van der Waals surface area contributed by atoms with Gasteiger partial charge in [0.05, 0.1) is 6.54 Å². The number of guanidine groups is 1. The second-order valence-electron chi connectivity index (χ2n) is 5.72. The Hall–Kier alpha value is -1.34. The first-order valence-electron chi connectivity index (χ1n) is 8.08. The number of hydrogen-bond acceptors (Lipinski definition) is 4. The average molecular weight is 517 g/mol. The maximum absolute atomic E-state index is 13.5. The quantitative estimate of drug-likeness (QED) is 0.300. The molecule has 27 heavy (non-hydrogen) atoms. The highest BCUT2D eigenvalue weighted by Gasteiger charge is 2.57. The van der Waals surface area contributed by atoms with Gasteiger partial charge in [0.15, 0.2) is 5.96 Å². The summed E-state index contributed by atoms with van der Waals surface area (Å²) in [6.07, 6.45) is -2.85. The van der Waals surface area contributed by atoms with Crippen molar-refractivity contribution in [2.75, 3.05) is 13.1 Å². The molecule has 0 saturated carbocycles. The van der Waals surface area contributed by atoms with E-state index in [4.69, 9.17) is 0 Å². The van der Waals surface area contributed by atoms with Crippen molar-refractivity contribution in [2.24, 2.45) is 12.0 Å². The Kier molecular flexibility index (Phi) is 9.02. The van der Waals surface area contributed by atoms with Crippen molar-refractivity contribution in [3.63, 3.8) is 0 Å². The Bertz CT molecular complexity index is 720. The monoisotopic (exact) mass is 517 g/mol. The van der Waals surface area contributed by atoms with Gasteiger partial charge in [-0.15, -0.1) is 24.0 Å². The number of halogens is 4. The number of thiophene rings is 1. The molecular formula is C16H23F3IN5OS. The lowest BCUT2D eigenvalue weighted by molar-refractivity contribution is -0.272. The van der Waals surface area contributed by atoms with Crippen LogP contribution in [0.1, 0.15) is 24.7 Å². The molecule has 1 unspecified atom stereocenters. The largest absolute Gasteiger partial charge is 0.424 e. The summed E-state index contributed by atoms with van der Waals surface area (Å²) in [7, 11) is 1.42. The van der Waals surface area contributed by atoms with Crippen LogP contribution in [0.5, 0.6) is 0 Å². The van der Waals surface area contributed by atoms with Crippen molar-refractivity contribution in [1.29, 1.82) is 0 Å². The summed E-state index contributed by atoms with van der Waals surface area (Å²) in [5, 5.41) is 20.0. The molecule has 11 heteroatoms. The van der Waals surface area contributed by atoms with Gasteiger partial charge in [0.25, 0.3) is 0 Å². The van der Waals surface area contributed by atoms with Crippen molar-refractivity contribution in [3.05, 3.63) is 40.6 Å². The standard InChI is InChI=1S/C16H22F3N5OS.HI/c1-3-20-14(23-10-12-4-9-26-11-12)22-6-5-15(25,16(17,18)19)13-21-7-8-24(13)2;/h4,7-9,11,25H,3,5-6,10H2,1-2H3,(H2,20,22,23);1H. The van der Waals surface area contributed by atoms with Gasteiger partial charge in [-0.3, -0.25) is 0 Å². The van der Waals surface area contributed by atoms with Crippen LogP contribution in [0, 0.1) is 0 Å². The van der Waals surface area contributed by atoms with Gasteiger partial charge in [-0.2, -0.15) is 24.5 Å². The van der Waals surface area contributed by atoms with Crippen LogP contribution >= 0.6 is 35.3 Å². The SMILES string of the molecule is CCNC(=NCc1ccsc1)NCCC(O)(c1nccn1C)C(F)(F)F.I. The van der Waals surface area contributed by atoms with Gasteiger partial charge in [0.2, 0.25) is 5.60 Å². The van der Waals surface area contributed by atoms with E-state index < -0.39 is 24.0 Å². The molecule has 0 aliphatic carbocycles. The normalized spacial score (nSPS) is 14.4. The van der Waals surface area contributed by atoms with E-state index in [1.54, 1.807) is 11.3 Å². The van der Waals surface area contributed by atoms with Crippen molar-refractivity contribution < 1.29 is 18.3 Å². The molecule has 2 aromatic heterocycles. The minimum absolute atomic E-state index is 0. The molecule has 6 nitrogen and oxygen atoms in total. The number of rotatable bonds is 7. The fraction of sp³-hybridized carbons (Fsp3) is 0.500. The van der Waals surface area contributed by atoms with E-state index >= 15 is 0 Å². The van der Waals surface area contributed by atoms with Gasteiger partial charge in [0, 0.05) is 39.0 Å². The Labute approximate surface area is 176 Å². The molecule has 2 heterocycles. The Morgan fingerprint density at radius 3 is 2.63 bits per heavy atom. The number of alkyl halides is 3. The minimum Gasteiger partial charge on any atom is -0.374 e. The smallest absolute Gasteiger partial charge is 0.374 e. The Balaban J connectivity index is 0.00000364. The molecule has 0 fully saturated rings. The molecule has 1 atom stereocenters. The van der Waals surface area contributed by atoms with Crippen LogP contribution in [0.2, 0.25) is 0 Å². The molecule has 152 valence electrons. The second kappa shape index (κ2) is 10.3. The first kappa shape index (κ1) is 23.7. The summed E-state index contributed by atoms with van der Waals surface area (Å²) in [4.78, 5) is 8.01. The fourth-order valence-corrected chi connectivity index (χ4v) is 3.06. The van der Waals surface area contributed by atoms with Crippen LogP contribution in [0.25, 0.3) is 0 Å². The van der Waals surface area contributed by atoms with Crippen LogP contribution in [-0.2, 0) is 19.2 Å². The van der Waals surface area contributed by atoms with E-state index in [1.165, 1.54) is 24.0 Å².